The van der Waals surface area contributed by atoms with Crippen molar-refractivity contribution in [3.8, 4) is 0 Å². The average Bonchev–Trinajstić information content (AvgIpc) is 3.49. The predicted octanol–water partition coefficient (Wildman–Crippen LogP) is 6.34. The Hall–Kier alpha value is -0.830. The highest BCUT2D eigenvalue weighted by molar-refractivity contribution is 6.22. The highest BCUT2D eigenvalue weighted by Crippen LogP contribution is 2.59. The van der Waals surface area contributed by atoms with Gasteiger partial charge >= 0.3 is 0 Å². The largest absolute Gasteiger partial charge is 0.393 e. The fourth-order valence-electron chi connectivity index (χ4n) is 6.60. The van der Waals surface area contributed by atoms with E-state index in [2.05, 4.69) is 44.7 Å². The van der Waals surface area contributed by atoms with Crippen molar-refractivity contribution in [2.75, 3.05) is 0 Å². The van der Waals surface area contributed by atoms with Gasteiger partial charge in [0.15, 0.2) is 0 Å². The van der Waals surface area contributed by atoms with Gasteiger partial charge in [0.05, 0.1) is 17.6 Å². The van der Waals surface area contributed by atoms with Gasteiger partial charge in [-0.05, 0) is 91.6 Å². The maximum absolute atomic E-state index is 10.1. The molecule has 7 atom stereocenters. The zero-order chi connectivity index (χ0) is 21.5. The van der Waals surface area contributed by atoms with E-state index in [9.17, 15) is 10.2 Å². The zero-order valence-electron chi connectivity index (χ0n) is 18.7. The van der Waals surface area contributed by atoms with E-state index in [1.165, 1.54) is 44.9 Å². The minimum atomic E-state index is -0.611. The Labute approximate surface area is 187 Å². The molecule has 0 saturated heterocycles. The van der Waals surface area contributed by atoms with Crippen LogP contribution in [-0.4, -0.2) is 27.8 Å². The molecule has 4 aliphatic rings. The molecule has 2 nitrogen and oxygen atoms in total. The van der Waals surface area contributed by atoms with Crippen LogP contribution in [0.3, 0.4) is 0 Å². The first kappa shape index (κ1) is 22.4. The molecule has 0 heterocycles. The molecule has 0 spiro atoms. The lowest BCUT2D eigenvalue weighted by Crippen LogP contribution is -2.35. The van der Waals surface area contributed by atoms with Crippen LogP contribution in [0, 0.1) is 29.1 Å². The van der Waals surface area contributed by atoms with Gasteiger partial charge in [0.25, 0.3) is 0 Å². The first-order chi connectivity index (χ1) is 14.3. The quantitative estimate of drug-likeness (QED) is 0.394. The van der Waals surface area contributed by atoms with Gasteiger partial charge < -0.3 is 10.2 Å². The van der Waals surface area contributed by atoms with Gasteiger partial charge in [0.1, 0.15) is 0 Å². The van der Waals surface area contributed by atoms with Crippen molar-refractivity contribution >= 4 is 11.6 Å². The summed E-state index contributed by atoms with van der Waals surface area (Å²) in [4.78, 5) is 0. The summed E-state index contributed by atoms with van der Waals surface area (Å²) in [6.07, 6.45) is 17.9. The van der Waals surface area contributed by atoms with Gasteiger partial charge in [-0.3, -0.25) is 0 Å². The van der Waals surface area contributed by atoms with Gasteiger partial charge in [-0.2, -0.15) is 0 Å². The number of rotatable bonds is 5. The van der Waals surface area contributed by atoms with Crippen molar-refractivity contribution in [2.45, 2.75) is 89.2 Å². The number of halogens is 1. The Bertz CT molecular complexity index is 746. The van der Waals surface area contributed by atoms with Crippen LogP contribution in [-0.2, 0) is 0 Å². The van der Waals surface area contributed by atoms with Crippen molar-refractivity contribution in [1.82, 2.24) is 0 Å². The molecule has 0 amide bonds. The molecular formula is C27H39ClO2. The Morgan fingerprint density at radius 2 is 1.90 bits per heavy atom. The lowest BCUT2D eigenvalue weighted by molar-refractivity contribution is 0.0862. The molecule has 3 heteroatoms. The van der Waals surface area contributed by atoms with Crippen LogP contribution in [0.4, 0.5) is 0 Å². The molecule has 0 aromatic carbocycles. The normalized spacial score (nSPS) is 42.1. The molecule has 0 aliphatic heterocycles. The standard InChI is InChI=1S/C27H39ClO2/c1-17(6-13-25(28)20-8-9-20)23-11-12-24-19(5-4-14-27(23,24)3)7-10-21-15-22(29)16-26(30)18(21)2/h6-7,10,13,17,20,22-26,29-30H,2,4-5,8-9,11-12,14-16H2,1,3H3/b13-6+,19-7+,21-10-/t17-,22-,23-,24?,25+,26+,27-/m1/s1. The second kappa shape index (κ2) is 8.96. The van der Waals surface area contributed by atoms with Crippen LogP contribution < -0.4 is 0 Å². The lowest BCUT2D eigenvalue weighted by Gasteiger charge is -2.44. The minimum Gasteiger partial charge on any atom is -0.393 e. The molecule has 0 radical (unpaired) electrons. The predicted molar refractivity (Wildman–Crippen MR) is 125 cm³/mol. The van der Waals surface area contributed by atoms with E-state index in [1.54, 1.807) is 5.57 Å². The molecular weight excluding hydrogens is 392 g/mol. The third kappa shape index (κ3) is 4.52. The van der Waals surface area contributed by atoms with E-state index in [0.29, 0.717) is 41.9 Å². The monoisotopic (exact) mass is 430 g/mol. The highest BCUT2D eigenvalue weighted by Gasteiger charge is 2.50. The number of fused-ring (bicyclic) bond motifs is 1. The fraction of sp³-hybridized carbons (Fsp3) is 0.704. The molecule has 4 fully saturated rings. The van der Waals surface area contributed by atoms with Crippen LogP contribution in [0.1, 0.15) is 71.6 Å². The van der Waals surface area contributed by atoms with E-state index in [1.807, 2.05) is 0 Å². The van der Waals surface area contributed by atoms with Crippen molar-refractivity contribution in [1.29, 1.82) is 0 Å². The summed E-state index contributed by atoms with van der Waals surface area (Å²) in [5.74, 6) is 2.64. The van der Waals surface area contributed by atoms with Gasteiger partial charge in [-0.1, -0.05) is 50.3 Å². The maximum atomic E-state index is 10.1. The maximum Gasteiger partial charge on any atom is 0.0811 e. The summed E-state index contributed by atoms with van der Waals surface area (Å²) in [6, 6.07) is 0. The number of alkyl halides is 1. The SMILES string of the molecule is C=C1/C(=C\C=C2/CCC[C@@]3(C)C2CC[C@@H]3[C@H](C)/C=C/[C@H](Cl)C2CC2)C[C@@H](O)C[C@@H]1O. The number of aliphatic hydroxyl groups is 2. The molecule has 2 N–H and O–H groups in total. The van der Waals surface area contributed by atoms with Crippen LogP contribution in [0.5, 0.6) is 0 Å². The summed E-state index contributed by atoms with van der Waals surface area (Å²) in [7, 11) is 0. The fourth-order valence-corrected chi connectivity index (χ4v) is 6.93. The lowest BCUT2D eigenvalue weighted by atomic mass is 9.61. The molecule has 0 aromatic heterocycles. The van der Waals surface area contributed by atoms with Crippen LogP contribution in [0.2, 0.25) is 0 Å². The smallest absolute Gasteiger partial charge is 0.0811 e. The molecule has 4 saturated carbocycles. The molecule has 1 unspecified atom stereocenters. The minimum absolute atomic E-state index is 0.222. The Balaban J connectivity index is 1.48. The third-order valence-corrected chi connectivity index (χ3v) is 9.11. The Morgan fingerprint density at radius 3 is 2.63 bits per heavy atom. The number of hydrogen-bond donors (Lipinski definition) is 2. The number of allylic oxidation sites excluding steroid dienone is 5. The molecule has 4 rings (SSSR count). The summed E-state index contributed by atoms with van der Waals surface area (Å²) in [5, 5.41) is 20.4. The van der Waals surface area contributed by atoms with Crippen LogP contribution in [0.25, 0.3) is 0 Å². The number of hydrogen-bond acceptors (Lipinski definition) is 2. The zero-order valence-corrected chi connectivity index (χ0v) is 19.5. The molecule has 0 aromatic rings. The van der Waals surface area contributed by atoms with E-state index in [-0.39, 0.29) is 5.38 Å². The van der Waals surface area contributed by atoms with Crippen molar-refractivity contribution in [3.63, 3.8) is 0 Å². The second-order valence-electron chi connectivity index (χ2n) is 10.7. The van der Waals surface area contributed by atoms with Crippen molar-refractivity contribution in [2.24, 2.45) is 29.1 Å². The van der Waals surface area contributed by atoms with Crippen molar-refractivity contribution in [3.05, 3.63) is 47.6 Å². The summed E-state index contributed by atoms with van der Waals surface area (Å²) >= 11 is 6.53. The first-order valence-corrected chi connectivity index (χ1v) is 12.5. The molecule has 30 heavy (non-hydrogen) atoms. The van der Waals surface area contributed by atoms with Gasteiger partial charge in [0, 0.05) is 6.42 Å². The van der Waals surface area contributed by atoms with Gasteiger partial charge in [-0.25, -0.2) is 0 Å². The first-order valence-electron chi connectivity index (χ1n) is 12.1. The van der Waals surface area contributed by atoms with Crippen LogP contribution in [0.15, 0.2) is 47.6 Å². The van der Waals surface area contributed by atoms with E-state index in [4.69, 9.17) is 11.6 Å². The van der Waals surface area contributed by atoms with Crippen molar-refractivity contribution < 1.29 is 10.2 Å². The van der Waals surface area contributed by atoms with Gasteiger partial charge in [-0.15, -0.1) is 11.6 Å². The topological polar surface area (TPSA) is 40.5 Å². The van der Waals surface area contributed by atoms with Crippen LogP contribution >= 0.6 is 11.6 Å². The van der Waals surface area contributed by atoms with Gasteiger partial charge in [0.2, 0.25) is 0 Å². The number of aliphatic hydroxyl groups excluding tert-OH is 2. The van der Waals surface area contributed by atoms with E-state index < -0.39 is 12.2 Å². The van der Waals surface area contributed by atoms with E-state index in [0.717, 1.165) is 11.1 Å². The second-order valence-corrected chi connectivity index (χ2v) is 11.2. The summed E-state index contributed by atoms with van der Waals surface area (Å²) in [5.41, 5.74) is 3.71. The molecule has 166 valence electrons. The summed E-state index contributed by atoms with van der Waals surface area (Å²) in [6.45, 7) is 8.97. The molecule has 4 aliphatic carbocycles. The third-order valence-electron chi connectivity index (χ3n) is 8.61. The Morgan fingerprint density at radius 1 is 1.13 bits per heavy atom. The highest BCUT2D eigenvalue weighted by atomic mass is 35.5. The summed E-state index contributed by atoms with van der Waals surface area (Å²) < 4.78 is 0. The average molecular weight is 431 g/mol. The molecule has 0 bridgehead atoms. The Kier molecular flexibility index (Phi) is 6.68. The van der Waals surface area contributed by atoms with E-state index >= 15 is 0 Å².